The standard InChI is InChI=1S/C8H12ClNO/c1-11-6-2-4-10-5-3-8(9)7-10/h3,5,7H,2,4,6H2,1H3. The molecule has 0 saturated heterocycles. The predicted octanol–water partition coefficient (Wildman–Crippen LogP) is 2.18. The van der Waals surface area contributed by atoms with Crippen LogP contribution in [0.4, 0.5) is 0 Å². The highest BCUT2D eigenvalue weighted by atomic mass is 35.5. The zero-order chi connectivity index (χ0) is 8.10. The molecule has 0 fully saturated rings. The number of ether oxygens (including phenoxy) is 1. The fourth-order valence-corrected chi connectivity index (χ4v) is 1.12. The fourth-order valence-electron chi connectivity index (χ4n) is 0.942. The smallest absolute Gasteiger partial charge is 0.0582 e. The summed E-state index contributed by atoms with van der Waals surface area (Å²) in [6, 6.07) is 1.88. The van der Waals surface area contributed by atoms with Crippen LogP contribution < -0.4 is 0 Å². The molecule has 0 unspecified atom stereocenters. The first-order valence-electron chi connectivity index (χ1n) is 3.63. The Bertz CT molecular complexity index is 210. The first kappa shape index (κ1) is 8.62. The Morgan fingerprint density at radius 2 is 2.45 bits per heavy atom. The molecule has 1 aromatic heterocycles. The normalized spacial score (nSPS) is 10.4. The van der Waals surface area contributed by atoms with Crippen molar-refractivity contribution in [2.45, 2.75) is 13.0 Å². The summed E-state index contributed by atoms with van der Waals surface area (Å²) in [7, 11) is 1.71. The summed E-state index contributed by atoms with van der Waals surface area (Å²) >= 11 is 5.72. The molecule has 0 amide bonds. The van der Waals surface area contributed by atoms with E-state index in [1.807, 2.05) is 18.5 Å². The molecule has 0 atom stereocenters. The van der Waals surface area contributed by atoms with Gasteiger partial charge in [0.25, 0.3) is 0 Å². The van der Waals surface area contributed by atoms with Crippen molar-refractivity contribution in [2.24, 2.45) is 0 Å². The molecule has 0 aliphatic carbocycles. The molecule has 62 valence electrons. The molecule has 0 saturated carbocycles. The van der Waals surface area contributed by atoms with Crippen LogP contribution in [-0.4, -0.2) is 18.3 Å². The highest BCUT2D eigenvalue weighted by Crippen LogP contribution is 2.07. The fraction of sp³-hybridized carbons (Fsp3) is 0.500. The number of hydrogen-bond acceptors (Lipinski definition) is 1. The Morgan fingerprint density at radius 3 is 3.00 bits per heavy atom. The van der Waals surface area contributed by atoms with E-state index >= 15 is 0 Å². The van der Waals surface area contributed by atoms with Gasteiger partial charge in [0, 0.05) is 32.7 Å². The second-order valence-corrected chi connectivity index (χ2v) is 2.85. The molecule has 0 spiro atoms. The number of aryl methyl sites for hydroxylation is 1. The van der Waals surface area contributed by atoms with Crippen molar-refractivity contribution in [1.82, 2.24) is 4.57 Å². The third-order valence-electron chi connectivity index (χ3n) is 1.48. The van der Waals surface area contributed by atoms with Gasteiger partial charge in [0.15, 0.2) is 0 Å². The Balaban J connectivity index is 2.27. The maximum atomic E-state index is 5.72. The van der Waals surface area contributed by atoms with Gasteiger partial charge in [0.05, 0.1) is 5.02 Å². The molecule has 1 rings (SSSR count). The molecular formula is C8H12ClNO. The van der Waals surface area contributed by atoms with Crippen LogP contribution in [0.2, 0.25) is 5.02 Å². The van der Waals surface area contributed by atoms with Gasteiger partial charge < -0.3 is 9.30 Å². The van der Waals surface area contributed by atoms with Gasteiger partial charge in [0.1, 0.15) is 0 Å². The summed E-state index contributed by atoms with van der Waals surface area (Å²) in [4.78, 5) is 0. The molecule has 0 radical (unpaired) electrons. The molecule has 1 aromatic rings. The first-order chi connectivity index (χ1) is 5.33. The number of rotatable bonds is 4. The van der Waals surface area contributed by atoms with Crippen molar-refractivity contribution in [3.05, 3.63) is 23.5 Å². The summed E-state index contributed by atoms with van der Waals surface area (Å²) in [6.45, 7) is 1.77. The van der Waals surface area contributed by atoms with Crippen LogP contribution in [0.5, 0.6) is 0 Å². The zero-order valence-corrected chi connectivity index (χ0v) is 7.34. The SMILES string of the molecule is COCCCn1ccc(Cl)c1. The van der Waals surface area contributed by atoms with Gasteiger partial charge in [-0.05, 0) is 12.5 Å². The minimum absolute atomic E-state index is 0.794. The molecule has 11 heavy (non-hydrogen) atoms. The minimum atomic E-state index is 0.794. The van der Waals surface area contributed by atoms with Crippen molar-refractivity contribution < 1.29 is 4.74 Å². The topological polar surface area (TPSA) is 14.2 Å². The molecule has 0 aromatic carbocycles. The molecule has 0 bridgehead atoms. The number of methoxy groups -OCH3 is 1. The lowest BCUT2D eigenvalue weighted by atomic mass is 10.4. The molecule has 1 heterocycles. The van der Waals surface area contributed by atoms with Crippen molar-refractivity contribution in [2.75, 3.05) is 13.7 Å². The van der Waals surface area contributed by atoms with E-state index < -0.39 is 0 Å². The van der Waals surface area contributed by atoms with E-state index in [9.17, 15) is 0 Å². The van der Waals surface area contributed by atoms with Gasteiger partial charge in [-0.3, -0.25) is 0 Å². The van der Waals surface area contributed by atoms with E-state index in [4.69, 9.17) is 16.3 Å². The third kappa shape index (κ3) is 2.95. The Labute approximate surface area is 71.7 Å². The largest absolute Gasteiger partial charge is 0.385 e. The summed E-state index contributed by atoms with van der Waals surface area (Å²) in [5.74, 6) is 0. The quantitative estimate of drug-likeness (QED) is 0.637. The molecule has 2 nitrogen and oxygen atoms in total. The van der Waals surface area contributed by atoms with Crippen LogP contribution in [0.1, 0.15) is 6.42 Å². The van der Waals surface area contributed by atoms with Crippen molar-refractivity contribution in [3.63, 3.8) is 0 Å². The number of halogens is 1. The summed E-state index contributed by atoms with van der Waals surface area (Å²) < 4.78 is 6.98. The Kier molecular flexibility index (Phi) is 3.46. The van der Waals surface area contributed by atoms with E-state index in [0.717, 1.165) is 24.6 Å². The van der Waals surface area contributed by atoms with Gasteiger partial charge in [-0.2, -0.15) is 0 Å². The van der Waals surface area contributed by atoms with Crippen molar-refractivity contribution in [1.29, 1.82) is 0 Å². The highest BCUT2D eigenvalue weighted by Gasteiger charge is 1.92. The van der Waals surface area contributed by atoms with Crippen molar-refractivity contribution in [3.8, 4) is 0 Å². The van der Waals surface area contributed by atoms with Gasteiger partial charge in [0.2, 0.25) is 0 Å². The summed E-state index contributed by atoms with van der Waals surface area (Å²) in [5.41, 5.74) is 0. The van der Waals surface area contributed by atoms with Crippen LogP contribution in [0.3, 0.4) is 0 Å². The van der Waals surface area contributed by atoms with E-state index in [1.54, 1.807) is 7.11 Å². The molecule has 0 aliphatic rings. The summed E-state index contributed by atoms with van der Waals surface area (Å²) in [6.07, 6.45) is 4.91. The Morgan fingerprint density at radius 1 is 1.64 bits per heavy atom. The molecule has 0 N–H and O–H groups in total. The summed E-state index contributed by atoms with van der Waals surface area (Å²) in [5, 5.41) is 0.794. The third-order valence-corrected chi connectivity index (χ3v) is 1.70. The second-order valence-electron chi connectivity index (χ2n) is 2.41. The lowest BCUT2D eigenvalue weighted by molar-refractivity contribution is 0.190. The highest BCUT2D eigenvalue weighted by molar-refractivity contribution is 6.30. The zero-order valence-electron chi connectivity index (χ0n) is 6.59. The number of nitrogens with zero attached hydrogens (tertiary/aromatic N) is 1. The number of hydrogen-bond donors (Lipinski definition) is 0. The van der Waals surface area contributed by atoms with Crippen LogP contribution >= 0.6 is 11.6 Å². The molecule has 3 heteroatoms. The van der Waals surface area contributed by atoms with Gasteiger partial charge >= 0.3 is 0 Å². The monoisotopic (exact) mass is 173 g/mol. The van der Waals surface area contributed by atoms with E-state index in [-0.39, 0.29) is 0 Å². The predicted molar refractivity (Wildman–Crippen MR) is 45.9 cm³/mol. The van der Waals surface area contributed by atoms with E-state index in [2.05, 4.69) is 4.57 Å². The van der Waals surface area contributed by atoms with Crippen LogP contribution in [0.15, 0.2) is 18.5 Å². The number of aromatic nitrogens is 1. The maximum Gasteiger partial charge on any atom is 0.0582 e. The average molecular weight is 174 g/mol. The Hall–Kier alpha value is -0.470. The second kappa shape index (κ2) is 4.42. The lowest BCUT2D eigenvalue weighted by Crippen LogP contribution is -1.98. The van der Waals surface area contributed by atoms with Crippen LogP contribution in [-0.2, 0) is 11.3 Å². The average Bonchev–Trinajstić information content (AvgIpc) is 2.37. The first-order valence-corrected chi connectivity index (χ1v) is 4.01. The van der Waals surface area contributed by atoms with Gasteiger partial charge in [-0.1, -0.05) is 11.6 Å². The van der Waals surface area contributed by atoms with Crippen LogP contribution in [0, 0.1) is 0 Å². The van der Waals surface area contributed by atoms with E-state index in [1.165, 1.54) is 0 Å². The van der Waals surface area contributed by atoms with Crippen LogP contribution in [0.25, 0.3) is 0 Å². The minimum Gasteiger partial charge on any atom is -0.385 e. The maximum absolute atomic E-state index is 5.72. The van der Waals surface area contributed by atoms with Crippen molar-refractivity contribution >= 4 is 11.6 Å². The van der Waals surface area contributed by atoms with E-state index in [0.29, 0.717) is 0 Å². The van der Waals surface area contributed by atoms with Gasteiger partial charge in [-0.25, -0.2) is 0 Å². The van der Waals surface area contributed by atoms with Gasteiger partial charge in [-0.15, -0.1) is 0 Å². The molecular weight excluding hydrogens is 162 g/mol. The lowest BCUT2D eigenvalue weighted by Gasteiger charge is -2.00. The molecule has 0 aliphatic heterocycles.